The fourth-order valence-electron chi connectivity index (χ4n) is 2.03. The van der Waals surface area contributed by atoms with Gasteiger partial charge in [-0.3, -0.25) is 4.98 Å². The Morgan fingerprint density at radius 2 is 2.05 bits per heavy atom. The Morgan fingerprint density at radius 1 is 1.21 bits per heavy atom. The Kier molecular flexibility index (Phi) is 4.94. The summed E-state index contributed by atoms with van der Waals surface area (Å²) in [5.41, 5.74) is 4.40. The third kappa shape index (κ3) is 3.79. The van der Waals surface area contributed by atoms with Crippen LogP contribution in [0.15, 0.2) is 36.5 Å². The zero-order valence-electron chi connectivity index (χ0n) is 11.4. The fourth-order valence-corrected chi connectivity index (χ4v) is 2.34. The summed E-state index contributed by atoms with van der Waals surface area (Å²) in [4.78, 5) is 4.21. The molecule has 2 aromatic rings. The summed E-state index contributed by atoms with van der Waals surface area (Å²) in [6.07, 6.45) is 2.96. The molecule has 0 radical (unpaired) electrons. The van der Waals surface area contributed by atoms with Gasteiger partial charge in [-0.05, 0) is 49.2 Å². The van der Waals surface area contributed by atoms with E-state index in [1.165, 1.54) is 5.56 Å². The molecule has 0 saturated carbocycles. The lowest BCUT2D eigenvalue weighted by molar-refractivity contribution is 0.675. The maximum absolute atomic E-state index is 6.38. The van der Waals surface area contributed by atoms with Crippen LogP contribution in [0, 0.1) is 6.92 Å². The molecule has 0 saturated heterocycles. The van der Waals surface area contributed by atoms with Gasteiger partial charge in [0.15, 0.2) is 0 Å². The van der Waals surface area contributed by atoms with Crippen LogP contribution in [-0.2, 0) is 6.54 Å². The van der Waals surface area contributed by atoms with Crippen LogP contribution in [0.1, 0.15) is 24.6 Å². The highest BCUT2D eigenvalue weighted by molar-refractivity contribution is 6.33. The number of rotatable bonds is 5. The van der Waals surface area contributed by atoms with Gasteiger partial charge in [0.05, 0.1) is 0 Å². The van der Waals surface area contributed by atoms with E-state index in [0.29, 0.717) is 0 Å². The number of nitrogens with zero attached hydrogens (tertiary/aromatic N) is 1. The number of aromatic nitrogens is 1. The molecule has 0 aliphatic rings. The lowest BCUT2D eigenvalue weighted by Crippen LogP contribution is -2.13. The number of halogens is 1. The summed E-state index contributed by atoms with van der Waals surface area (Å²) in [5.74, 6) is 0. The minimum atomic E-state index is 0.793. The van der Waals surface area contributed by atoms with Gasteiger partial charge in [-0.25, -0.2) is 0 Å². The standard InChI is InChI=1S/C16H19ClN2/c1-3-7-18-11-13-4-5-15(16(17)10-13)14-6-8-19-12(2)9-14/h4-6,8-10,18H,3,7,11H2,1-2H3. The quantitative estimate of drug-likeness (QED) is 0.826. The Labute approximate surface area is 119 Å². The molecule has 1 heterocycles. The first kappa shape index (κ1) is 14.0. The summed E-state index contributed by atoms with van der Waals surface area (Å²) < 4.78 is 0. The van der Waals surface area contributed by atoms with E-state index < -0.39 is 0 Å². The van der Waals surface area contributed by atoms with E-state index >= 15 is 0 Å². The van der Waals surface area contributed by atoms with E-state index in [0.717, 1.165) is 41.4 Å². The van der Waals surface area contributed by atoms with Crippen molar-refractivity contribution in [1.82, 2.24) is 10.3 Å². The lowest BCUT2D eigenvalue weighted by atomic mass is 10.0. The molecule has 0 aliphatic heterocycles. The number of hydrogen-bond acceptors (Lipinski definition) is 2. The SMILES string of the molecule is CCCNCc1ccc(-c2ccnc(C)c2)c(Cl)c1. The maximum atomic E-state index is 6.38. The number of benzene rings is 1. The predicted molar refractivity (Wildman–Crippen MR) is 81.4 cm³/mol. The van der Waals surface area contributed by atoms with Gasteiger partial charge in [-0.1, -0.05) is 30.7 Å². The number of hydrogen-bond donors (Lipinski definition) is 1. The first-order valence-corrected chi connectivity index (χ1v) is 7.00. The first-order valence-electron chi connectivity index (χ1n) is 6.63. The number of nitrogens with one attached hydrogen (secondary N) is 1. The van der Waals surface area contributed by atoms with E-state index in [1.54, 1.807) is 0 Å². The van der Waals surface area contributed by atoms with Crippen molar-refractivity contribution >= 4 is 11.6 Å². The van der Waals surface area contributed by atoms with E-state index in [4.69, 9.17) is 11.6 Å². The monoisotopic (exact) mass is 274 g/mol. The van der Waals surface area contributed by atoms with Crippen LogP contribution in [-0.4, -0.2) is 11.5 Å². The van der Waals surface area contributed by atoms with Crippen molar-refractivity contribution in [2.75, 3.05) is 6.54 Å². The molecule has 19 heavy (non-hydrogen) atoms. The van der Waals surface area contributed by atoms with Gasteiger partial charge in [-0.15, -0.1) is 0 Å². The Morgan fingerprint density at radius 3 is 2.74 bits per heavy atom. The van der Waals surface area contributed by atoms with Gasteiger partial charge in [-0.2, -0.15) is 0 Å². The van der Waals surface area contributed by atoms with Crippen molar-refractivity contribution in [3.63, 3.8) is 0 Å². The highest BCUT2D eigenvalue weighted by atomic mass is 35.5. The Balaban J connectivity index is 2.19. The molecule has 3 heteroatoms. The number of aryl methyl sites for hydroxylation is 1. The smallest absolute Gasteiger partial charge is 0.0487 e. The van der Waals surface area contributed by atoms with Crippen LogP contribution in [0.25, 0.3) is 11.1 Å². The largest absolute Gasteiger partial charge is 0.313 e. The molecule has 0 fully saturated rings. The third-order valence-electron chi connectivity index (χ3n) is 3.00. The molecule has 0 unspecified atom stereocenters. The fraction of sp³-hybridized carbons (Fsp3) is 0.312. The minimum absolute atomic E-state index is 0.793. The lowest BCUT2D eigenvalue weighted by Gasteiger charge is -2.08. The molecule has 100 valence electrons. The summed E-state index contributed by atoms with van der Waals surface area (Å²) in [7, 11) is 0. The highest BCUT2D eigenvalue weighted by Crippen LogP contribution is 2.28. The summed E-state index contributed by atoms with van der Waals surface area (Å²) >= 11 is 6.38. The van der Waals surface area contributed by atoms with E-state index in [1.807, 2.05) is 25.3 Å². The van der Waals surface area contributed by atoms with Gasteiger partial charge in [0.1, 0.15) is 0 Å². The molecule has 1 aromatic heterocycles. The summed E-state index contributed by atoms with van der Waals surface area (Å²) in [6, 6.07) is 10.3. The van der Waals surface area contributed by atoms with Crippen molar-refractivity contribution in [2.24, 2.45) is 0 Å². The van der Waals surface area contributed by atoms with Gasteiger partial charge in [0.25, 0.3) is 0 Å². The predicted octanol–water partition coefficient (Wildman–Crippen LogP) is 4.21. The van der Waals surface area contributed by atoms with Crippen molar-refractivity contribution in [1.29, 1.82) is 0 Å². The van der Waals surface area contributed by atoms with Crippen LogP contribution in [0.2, 0.25) is 5.02 Å². The summed E-state index contributed by atoms with van der Waals surface area (Å²) in [6.45, 7) is 6.04. The third-order valence-corrected chi connectivity index (χ3v) is 3.31. The molecule has 2 nitrogen and oxygen atoms in total. The molecule has 0 amide bonds. The van der Waals surface area contributed by atoms with Gasteiger partial charge < -0.3 is 5.32 Å². The van der Waals surface area contributed by atoms with Crippen LogP contribution >= 0.6 is 11.6 Å². The van der Waals surface area contributed by atoms with E-state index in [-0.39, 0.29) is 0 Å². The van der Waals surface area contributed by atoms with Crippen LogP contribution < -0.4 is 5.32 Å². The van der Waals surface area contributed by atoms with Crippen LogP contribution in [0.3, 0.4) is 0 Å². The Hall–Kier alpha value is -1.38. The number of pyridine rings is 1. The molecule has 0 aliphatic carbocycles. The Bertz CT molecular complexity index is 552. The summed E-state index contributed by atoms with van der Waals surface area (Å²) in [5, 5.41) is 4.17. The molecule has 2 rings (SSSR count). The van der Waals surface area contributed by atoms with E-state index in [2.05, 4.69) is 35.4 Å². The van der Waals surface area contributed by atoms with Crippen LogP contribution in [0.4, 0.5) is 0 Å². The normalized spacial score (nSPS) is 10.7. The van der Waals surface area contributed by atoms with E-state index in [9.17, 15) is 0 Å². The molecule has 1 N–H and O–H groups in total. The molecular weight excluding hydrogens is 256 g/mol. The minimum Gasteiger partial charge on any atom is -0.313 e. The second kappa shape index (κ2) is 6.69. The topological polar surface area (TPSA) is 24.9 Å². The zero-order chi connectivity index (χ0) is 13.7. The molecule has 0 bridgehead atoms. The average Bonchev–Trinajstić information content (AvgIpc) is 2.39. The molecular formula is C16H19ClN2. The van der Waals surface area contributed by atoms with Crippen molar-refractivity contribution in [3.8, 4) is 11.1 Å². The van der Waals surface area contributed by atoms with Gasteiger partial charge in [0, 0.05) is 29.0 Å². The molecule has 0 spiro atoms. The van der Waals surface area contributed by atoms with Crippen molar-refractivity contribution < 1.29 is 0 Å². The molecule has 0 atom stereocenters. The van der Waals surface area contributed by atoms with Crippen molar-refractivity contribution in [3.05, 3.63) is 52.8 Å². The average molecular weight is 275 g/mol. The first-order chi connectivity index (χ1) is 9.20. The van der Waals surface area contributed by atoms with Crippen molar-refractivity contribution in [2.45, 2.75) is 26.8 Å². The van der Waals surface area contributed by atoms with Crippen LogP contribution in [0.5, 0.6) is 0 Å². The van der Waals surface area contributed by atoms with Gasteiger partial charge >= 0.3 is 0 Å². The second-order valence-corrected chi connectivity index (χ2v) is 5.08. The second-order valence-electron chi connectivity index (χ2n) is 4.68. The zero-order valence-corrected chi connectivity index (χ0v) is 12.2. The van der Waals surface area contributed by atoms with Gasteiger partial charge in [0.2, 0.25) is 0 Å². The maximum Gasteiger partial charge on any atom is 0.0487 e. The molecule has 1 aromatic carbocycles. The highest BCUT2D eigenvalue weighted by Gasteiger charge is 2.05.